The molecule has 20 heavy (non-hydrogen) atoms. The van der Waals surface area contributed by atoms with Crippen LogP contribution in [0.3, 0.4) is 0 Å². The van der Waals surface area contributed by atoms with E-state index in [9.17, 15) is 4.79 Å². The summed E-state index contributed by atoms with van der Waals surface area (Å²) in [4.78, 5) is 14.2. The fourth-order valence-corrected chi connectivity index (χ4v) is 2.67. The van der Waals surface area contributed by atoms with Crippen LogP contribution >= 0.6 is 15.9 Å². The van der Waals surface area contributed by atoms with Crippen molar-refractivity contribution in [3.8, 4) is 0 Å². The first-order chi connectivity index (χ1) is 9.37. The van der Waals surface area contributed by atoms with Crippen LogP contribution in [0.25, 0.3) is 0 Å². The molecule has 0 spiro atoms. The number of carbonyl (C=O) groups excluding carboxylic acids is 1. The standard InChI is InChI=1S/C15H21BrN2O2/c1-15(2,3)20-14(19)18-8-7-17-10-13(18)11-5-4-6-12(16)9-11/h4-6,9,13,17H,7-8,10H2,1-3H3/t13-/m0/s1. The third-order valence-electron chi connectivity index (χ3n) is 3.10. The van der Waals surface area contributed by atoms with E-state index >= 15 is 0 Å². The Morgan fingerprint density at radius 3 is 2.85 bits per heavy atom. The summed E-state index contributed by atoms with van der Waals surface area (Å²) < 4.78 is 6.52. The fourth-order valence-electron chi connectivity index (χ4n) is 2.26. The van der Waals surface area contributed by atoms with Crippen LogP contribution in [0.4, 0.5) is 4.79 Å². The molecule has 1 fully saturated rings. The molecule has 1 aliphatic rings. The zero-order chi connectivity index (χ0) is 14.8. The summed E-state index contributed by atoms with van der Waals surface area (Å²) in [6, 6.07) is 8.07. The Labute approximate surface area is 128 Å². The molecule has 0 aromatic heterocycles. The number of hydrogen-bond acceptors (Lipinski definition) is 3. The molecule has 1 heterocycles. The number of carbonyl (C=O) groups is 1. The Kier molecular flexibility index (Phi) is 4.70. The average molecular weight is 341 g/mol. The first kappa shape index (κ1) is 15.3. The summed E-state index contributed by atoms with van der Waals surface area (Å²) >= 11 is 3.48. The normalized spacial score (nSPS) is 19.8. The maximum absolute atomic E-state index is 12.3. The second-order valence-corrected chi connectivity index (χ2v) is 6.86. The van der Waals surface area contributed by atoms with Gasteiger partial charge < -0.3 is 10.1 Å². The molecule has 1 atom stereocenters. The predicted molar refractivity (Wildman–Crippen MR) is 82.7 cm³/mol. The van der Waals surface area contributed by atoms with E-state index in [-0.39, 0.29) is 12.1 Å². The van der Waals surface area contributed by atoms with E-state index < -0.39 is 5.60 Å². The van der Waals surface area contributed by atoms with Crippen molar-refractivity contribution in [3.05, 3.63) is 34.3 Å². The highest BCUT2D eigenvalue weighted by Gasteiger charge is 2.31. The van der Waals surface area contributed by atoms with Gasteiger partial charge in [-0.05, 0) is 38.5 Å². The molecule has 0 bridgehead atoms. The van der Waals surface area contributed by atoms with E-state index in [2.05, 4.69) is 27.3 Å². The number of halogens is 1. The number of piperazine rings is 1. The van der Waals surface area contributed by atoms with Gasteiger partial charge in [0.2, 0.25) is 0 Å². The van der Waals surface area contributed by atoms with Gasteiger partial charge in [-0.2, -0.15) is 0 Å². The SMILES string of the molecule is CC(C)(C)OC(=O)N1CCNC[C@H]1c1cccc(Br)c1. The lowest BCUT2D eigenvalue weighted by atomic mass is 10.0. The Morgan fingerprint density at radius 1 is 1.45 bits per heavy atom. The first-order valence-electron chi connectivity index (χ1n) is 6.82. The molecular weight excluding hydrogens is 320 g/mol. The zero-order valence-corrected chi connectivity index (χ0v) is 13.7. The Morgan fingerprint density at radius 2 is 2.20 bits per heavy atom. The summed E-state index contributed by atoms with van der Waals surface area (Å²) in [5.41, 5.74) is 0.640. The minimum absolute atomic E-state index is 0.0103. The number of hydrogen-bond donors (Lipinski definition) is 1. The molecule has 1 aromatic rings. The van der Waals surface area contributed by atoms with Crippen LogP contribution < -0.4 is 5.32 Å². The van der Waals surface area contributed by atoms with Crippen molar-refractivity contribution in [1.29, 1.82) is 0 Å². The molecule has 0 saturated carbocycles. The monoisotopic (exact) mass is 340 g/mol. The first-order valence-corrected chi connectivity index (χ1v) is 7.62. The average Bonchev–Trinajstić information content (AvgIpc) is 2.37. The zero-order valence-electron chi connectivity index (χ0n) is 12.1. The molecule has 1 N–H and O–H groups in total. The van der Waals surface area contributed by atoms with Gasteiger partial charge in [0.1, 0.15) is 5.60 Å². The Balaban J connectivity index is 2.19. The highest BCUT2D eigenvalue weighted by atomic mass is 79.9. The predicted octanol–water partition coefficient (Wildman–Crippen LogP) is 3.33. The van der Waals surface area contributed by atoms with Crippen LogP contribution in [0.5, 0.6) is 0 Å². The molecule has 0 aliphatic carbocycles. The minimum Gasteiger partial charge on any atom is -0.444 e. The maximum atomic E-state index is 12.3. The molecule has 110 valence electrons. The van der Waals surface area contributed by atoms with Gasteiger partial charge in [-0.25, -0.2) is 4.79 Å². The highest BCUT2D eigenvalue weighted by Crippen LogP contribution is 2.26. The van der Waals surface area contributed by atoms with E-state index in [1.807, 2.05) is 43.9 Å². The van der Waals surface area contributed by atoms with Gasteiger partial charge in [0.15, 0.2) is 0 Å². The van der Waals surface area contributed by atoms with Crippen LogP contribution in [0.1, 0.15) is 32.4 Å². The van der Waals surface area contributed by atoms with Crippen LogP contribution in [-0.4, -0.2) is 36.2 Å². The Bertz CT molecular complexity index is 485. The largest absolute Gasteiger partial charge is 0.444 e. The smallest absolute Gasteiger partial charge is 0.410 e. The van der Waals surface area contributed by atoms with Crippen molar-refractivity contribution in [1.82, 2.24) is 10.2 Å². The number of benzene rings is 1. The number of ether oxygens (including phenoxy) is 1. The third kappa shape index (κ3) is 3.96. The lowest BCUT2D eigenvalue weighted by Gasteiger charge is -2.37. The van der Waals surface area contributed by atoms with Gasteiger partial charge in [-0.15, -0.1) is 0 Å². The molecule has 4 nitrogen and oxygen atoms in total. The quantitative estimate of drug-likeness (QED) is 0.852. The van der Waals surface area contributed by atoms with Gasteiger partial charge in [0, 0.05) is 24.1 Å². The summed E-state index contributed by atoms with van der Waals surface area (Å²) in [6.07, 6.45) is -0.246. The molecule has 1 aliphatic heterocycles. The van der Waals surface area contributed by atoms with Gasteiger partial charge in [-0.3, -0.25) is 4.90 Å². The van der Waals surface area contributed by atoms with Gasteiger partial charge in [0.05, 0.1) is 6.04 Å². The molecule has 1 saturated heterocycles. The highest BCUT2D eigenvalue weighted by molar-refractivity contribution is 9.10. The van der Waals surface area contributed by atoms with Crippen molar-refractivity contribution < 1.29 is 9.53 Å². The van der Waals surface area contributed by atoms with Gasteiger partial charge in [0.25, 0.3) is 0 Å². The fraction of sp³-hybridized carbons (Fsp3) is 0.533. The summed E-state index contributed by atoms with van der Waals surface area (Å²) in [7, 11) is 0. The second kappa shape index (κ2) is 6.14. The molecule has 1 amide bonds. The van der Waals surface area contributed by atoms with Crippen molar-refractivity contribution in [3.63, 3.8) is 0 Å². The molecule has 0 radical (unpaired) electrons. The summed E-state index contributed by atoms with van der Waals surface area (Å²) in [5.74, 6) is 0. The van der Waals surface area contributed by atoms with E-state index in [1.165, 1.54) is 0 Å². The number of nitrogens with one attached hydrogen (secondary N) is 1. The summed E-state index contributed by atoms with van der Waals surface area (Å²) in [5, 5.41) is 3.34. The van der Waals surface area contributed by atoms with Crippen LogP contribution in [0, 0.1) is 0 Å². The molecule has 0 unspecified atom stereocenters. The second-order valence-electron chi connectivity index (χ2n) is 5.95. The van der Waals surface area contributed by atoms with Gasteiger partial charge in [-0.1, -0.05) is 28.1 Å². The number of rotatable bonds is 1. The van der Waals surface area contributed by atoms with Crippen LogP contribution in [0.15, 0.2) is 28.7 Å². The molecular formula is C15H21BrN2O2. The van der Waals surface area contributed by atoms with Crippen molar-refractivity contribution >= 4 is 22.0 Å². The van der Waals surface area contributed by atoms with E-state index in [0.29, 0.717) is 6.54 Å². The van der Waals surface area contributed by atoms with Crippen molar-refractivity contribution in [2.24, 2.45) is 0 Å². The van der Waals surface area contributed by atoms with Crippen LogP contribution in [-0.2, 0) is 4.74 Å². The maximum Gasteiger partial charge on any atom is 0.410 e. The summed E-state index contributed by atoms with van der Waals surface area (Å²) in [6.45, 7) is 7.87. The molecule has 5 heteroatoms. The van der Waals surface area contributed by atoms with Crippen molar-refractivity contribution in [2.45, 2.75) is 32.4 Å². The lowest BCUT2D eigenvalue weighted by Crippen LogP contribution is -2.50. The molecule has 2 rings (SSSR count). The van der Waals surface area contributed by atoms with E-state index in [4.69, 9.17) is 4.74 Å². The lowest BCUT2D eigenvalue weighted by molar-refractivity contribution is 0.0118. The van der Waals surface area contributed by atoms with E-state index in [1.54, 1.807) is 0 Å². The third-order valence-corrected chi connectivity index (χ3v) is 3.60. The van der Waals surface area contributed by atoms with Crippen molar-refractivity contribution in [2.75, 3.05) is 19.6 Å². The molecule has 1 aromatic carbocycles. The number of amides is 1. The van der Waals surface area contributed by atoms with E-state index in [0.717, 1.165) is 23.1 Å². The number of nitrogens with zero attached hydrogens (tertiary/aromatic N) is 1. The topological polar surface area (TPSA) is 41.6 Å². The Hall–Kier alpha value is -1.07. The van der Waals surface area contributed by atoms with Gasteiger partial charge >= 0.3 is 6.09 Å². The van der Waals surface area contributed by atoms with Crippen LogP contribution in [0.2, 0.25) is 0 Å². The minimum atomic E-state index is -0.468.